The predicted molar refractivity (Wildman–Crippen MR) is 107 cm³/mol. The topological polar surface area (TPSA) is 85.6 Å². The summed E-state index contributed by atoms with van der Waals surface area (Å²) in [5.41, 5.74) is 2.92. The smallest absolute Gasteiger partial charge is 0.337 e. The van der Waals surface area contributed by atoms with Crippen molar-refractivity contribution in [2.45, 2.75) is 20.8 Å². The van der Waals surface area contributed by atoms with Gasteiger partial charge in [-0.25, -0.2) is 9.48 Å². The zero-order chi connectivity index (χ0) is 20.3. The Hall–Kier alpha value is -3.48. The summed E-state index contributed by atoms with van der Waals surface area (Å²) in [6, 6.07) is 12.7. The predicted octanol–water partition coefficient (Wildman–Crippen LogP) is 4.34. The molecule has 2 aromatic carbocycles. The van der Waals surface area contributed by atoms with Gasteiger partial charge in [0.05, 0.1) is 30.7 Å². The number of aromatic carboxylic acids is 1. The van der Waals surface area contributed by atoms with Gasteiger partial charge < -0.3 is 19.9 Å². The van der Waals surface area contributed by atoms with E-state index in [4.69, 9.17) is 9.47 Å². The number of methoxy groups -OCH3 is 1. The Morgan fingerprint density at radius 2 is 1.96 bits per heavy atom. The average Bonchev–Trinajstić information content (AvgIpc) is 3.03. The summed E-state index contributed by atoms with van der Waals surface area (Å²) in [6.07, 6.45) is 0. The van der Waals surface area contributed by atoms with Crippen molar-refractivity contribution in [2.75, 3.05) is 19.0 Å². The SMILES string of the molecule is CCOc1ccccc1-n1nc(C)cc1Nc1c(C)cc(OC)cc1C(=O)O. The third-order valence-electron chi connectivity index (χ3n) is 4.25. The van der Waals surface area contributed by atoms with E-state index >= 15 is 0 Å². The Balaban J connectivity index is 2.10. The van der Waals surface area contributed by atoms with Gasteiger partial charge in [-0.05, 0) is 50.6 Å². The molecule has 146 valence electrons. The van der Waals surface area contributed by atoms with Gasteiger partial charge in [0.1, 0.15) is 23.0 Å². The van der Waals surface area contributed by atoms with Gasteiger partial charge in [-0.1, -0.05) is 12.1 Å². The Morgan fingerprint density at radius 3 is 2.64 bits per heavy atom. The number of ether oxygens (including phenoxy) is 2. The molecule has 0 fully saturated rings. The molecule has 3 aromatic rings. The van der Waals surface area contributed by atoms with Gasteiger partial charge in [0.15, 0.2) is 0 Å². The van der Waals surface area contributed by atoms with E-state index in [0.29, 0.717) is 29.6 Å². The maximum absolute atomic E-state index is 11.8. The first-order chi connectivity index (χ1) is 13.4. The molecule has 1 heterocycles. The number of hydrogen-bond acceptors (Lipinski definition) is 5. The molecule has 0 atom stereocenters. The van der Waals surface area contributed by atoms with Gasteiger partial charge in [-0.2, -0.15) is 5.10 Å². The lowest BCUT2D eigenvalue weighted by atomic mass is 10.1. The number of para-hydroxylation sites is 2. The van der Waals surface area contributed by atoms with E-state index in [1.54, 1.807) is 10.7 Å². The minimum absolute atomic E-state index is 0.125. The van der Waals surface area contributed by atoms with Crippen LogP contribution in [0.1, 0.15) is 28.5 Å². The van der Waals surface area contributed by atoms with Crippen LogP contribution in [-0.2, 0) is 0 Å². The van der Waals surface area contributed by atoms with Crippen molar-refractivity contribution in [1.29, 1.82) is 0 Å². The summed E-state index contributed by atoms with van der Waals surface area (Å²) in [5, 5.41) is 17.5. The Kier molecular flexibility index (Phi) is 5.54. The third kappa shape index (κ3) is 3.78. The van der Waals surface area contributed by atoms with Crippen molar-refractivity contribution >= 4 is 17.5 Å². The van der Waals surface area contributed by atoms with Crippen LogP contribution in [0, 0.1) is 13.8 Å². The Labute approximate surface area is 163 Å². The summed E-state index contributed by atoms with van der Waals surface area (Å²) in [4.78, 5) is 11.8. The number of aromatic nitrogens is 2. The number of carboxylic acids is 1. The van der Waals surface area contributed by atoms with Crippen LogP contribution in [0.25, 0.3) is 5.69 Å². The Bertz CT molecular complexity index is 1010. The fourth-order valence-corrected chi connectivity index (χ4v) is 3.02. The number of anilines is 2. The van der Waals surface area contributed by atoms with E-state index in [9.17, 15) is 9.90 Å². The molecule has 0 aliphatic rings. The first kappa shape index (κ1) is 19.3. The zero-order valence-corrected chi connectivity index (χ0v) is 16.3. The summed E-state index contributed by atoms with van der Waals surface area (Å²) in [6.45, 7) is 6.16. The molecule has 0 aliphatic carbocycles. The molecule has 7 nitrogen and oxygen atoms in total. The molecule has 2 N–H and O–H groups in total. The number of benzene rings is 2. The van der Waals surface area contributed by atoms with E-state index in [0.717, 1.165) is 16.9 Å². The van der Waals surface area contributed by atoms with Gasteiger partial charge in [0, 0.05) is 6.07 Å². The molecule has 0 saturated carbocycles. The normalized spacial score (nSPS) is 10.6. The van der Waals surface area contributed by atoms with Gasteiger partial charge in [-0.15, -0.1) is 0 Å². The summed E-state index contributed by atoms with van der Waals surface area (Å²) >= 11 is 0. The minimum Gasteiger partial charge on any atom is -0.497 e. The van der Waals surface area contributed by atoms with Crippen LogP contribution in [0.3, 0.4) is 0 Å². The molecule has 0 aliphatic heterocycles. The molecule has 28 heavy (non-hydrogen) atoms. The summed E-state index contributed by atoms with van der Waals surface area (Å²) < 4.78 is 12.6. The molecular weight excluding hydrogens is 358 g/mol. The lowest BCUT2D eigenvalue weighted by Gasteiger charge is -2.17. The minimum atomic E-state index is -1.04. The highest BCUT2D eigenvalue weighted by Crippen LogP contribution is 2.32. The van der Waals surface area contributed by atoms with Gasteiger partial charge >= 0.3 is 5.97 Å². The van der Waals surface area contributed by atoms with E-state index in [1.165, 1.54) is 13.2 Å². The van der Waals surface area contributed by atoms with Crippen LogP contribution < -0.4 is 14.8 Å². The van der Waals surface area contributed by atoms with E-state index in [2.05, 4.69) is 10.4 Å². The number of carbonyl (C=O) groups is 1. The maximum atomic E-state index is 11.8. The van der Waals surface area contributed by atoms with Crippen LogP contribution in [0.2, 0.25) is 0 Å². The van der Waals surface area contributed by atoms with Crippen molar-refractivity contribution in [3.8, 4) is 17.2 Å². The number of nitrogens with one attached hydrogen (secondary N) is 1. The van der Waals surface area contributed by atoms with Crippen LogP contribution in [0.15, 0.2) is 42.5 Å². The molecule has 1 aromatic heterocycles. The van der Waals surface area contributed by atoms with E-state index in [-0.39, 0.29) is 5.56 Å². The molecule has 0 unspecified atom stereocenters. The quantitative estimate of drug-likeness (QED) is 0.633. The number of aryl methyl sites for hydroxylation is 2. The molecule has 0 amide bonds. The van der Waals surface area contributed by atoms with Crippen molar-refractivity contribution in [2.24, 2.45) is 0 Å². The maximum Gasteiger partial charge on any atom is 0.337 e. The molecular formula is C21H23N3O4. The van der Waals surface area contributed by atoms with Gasteiger partial charge in [0.2, 0.25) is 0 Å². The molecule has 3 rings (SSSR count). The fraction of sp³-hybridized carbons (Fsp3) is 0.238. The largest absolute Gasteiger partial charge is 0.497 e. The van der Waals surface area contributed by atoms with Gasteiger partial charge in [0.25, 0.3) is 0 Å². The second kappa shape index (κ2) is 8.04. The first-order valence-corrected chi connectivity index (χ1v) is 8.92. The first-order valence-electron chi connectivity index (χ1n) is 8.92. The highest BCUT2D eigenvalue weighted by molar-refractivity contribution is 5.96. The van der Waals surface area contributed by atoms with Crippen LogP contribution >= 0.6 is 0 Å². The molecule has 0 spiro atoms. The monoisotopic (exact) mass is 381 g/mol. The molecule has 0 bridgehead atoms. The van der Waals surface area contributed by atoms with Crippen molar-refractivity contribution in [3.63, 3.8) is 0 Å². The summed E-state index contributed by atoms with van der Waals surface area (Å²) in [7, 11) is 1.51. The third-order valence-corrected chi connectivity index (χ3v) is 4.25. The number of hydrogen-bond donors (Lipinski definition) is 2. The van der Waals surface area contributed by atoms with Crippen molar-refractivity contribution in [1.82, 2.24) is 9.78 Å². The average molecular weight is 381 g/mol. The number of rotatable bonds is 7. The van der Waals surface area contributed by atoms with E-state index in [1.807, 2.05) is 51.1 Å². The van der Waals surface area contributed by atoms with Crippen molar-refractivity contribution in [3.05, 3.63) is 59.3 Å². The lowest BCUT2D eigenvalue weighted by molar-refractivity contribution is 0.0697. The standard InChI is InChI=1S/C21H23N3O4/c1-5-28-18-9-7-6-8-17(18)24-19(11-14(3)23-24)22-20-13(2)10-15(27-4)12-16(20)21(25)26/h6-12,22H,5H2,1-4H3,(H,25,26). The van der Waals surface area contributed by atoms with Crippen LogP contribution in [0.4, 0.5) is 11.5 Å². The lowest BCUT2D eigenvalue weighted by Crippen LogP contribution is -2.09. The number of nitrogens with zero attached hydrogens (tertiary/aromatic N) is 2. The van der Waals surface area contributed by atoms with Gasteiger partial charge in [-0.3, -0.25) is 0 Å². The van der Waals surface area contributed by atoms with Crippen LogP contribution in [0.5, 0.6) is 11.5 Å². The summed E-state index contributed by atoms with van der Waals surface area (Å²) in [5.74, 6) is 0.787. The van der Waals surface area contributed by atoms with Crippen molar-refractivity contribution < 1.29 is 19.4 Å². The number of carboxylic acid groups (broad SMARTS) is 1. The second-order valence-electron chi connectivity index (χ2n) is 6.28. The second-order valence-corrected chi connectivity index (χ2v) is 6.28. The highest BCUT2D eigenvalue weighted by Gasteiger charge is 2.18. The molecule has 0 saturated heterocycles. The molecule has 7 heteroatoms. The van der Waals surface area contributed by atoms with Crippen LogP contribution in [-0.4, -0.2) is 34.6 Å². The Morgan fingerprint density at radius 1 is 1.21 bits per heavy atom. The highest BCUT2D eigenvalue weighted by atomic mass is 16.5. The van der Waals surface area contributed by atoms with E-state index < -0.39 is 5.97 Å². The molecule has 0 radical (unpaired) electrons. The zero-order valence-electron chi connectivity index (χ0n) is 16.3. The fourth-order valence-electron chi connectivity index (χ4n) is 3.02.